The number of hydrogen-bond donors (Lipinski definition) is 0. The molecule has 3 heteroatoms. The number of hydrogen-bond acceptors (Lipinski definition) is 2. The van der Waals surface area contributed by atoms with Crippen molar-refractivity contribution in [2.45, 2.75) is 44.9 Å². The Morgan fingerprint density at radius 2 is 2.00 bits per heavy atom. The van der Waals surface area contributed by atoms with Crippen LogP contribution in [-0.2, 0) is 9.53 Å². The van der Waals surface area contributed by atoms with Gasteiger partial charge in [0, 0.05) is 5.02 Å². The molecule has 0 N–H and O–H groups in total. The van der Waals surface area contributed by atoms with Crippen molar-refractivity contribution >= 4 is 17.6 Å². The third kappa shape index (κ3) is 3.54. The zero-order chi connectivity index (χ0) is 14.5. The van der Waals surface area contributed by atoms with Crippen molar-refractivity contribution in [1.29, 1.82) is 0 Å². The average molecular weight is 295 g/mol. The molecular weight excluding hydrogens is 272 g/mol. The molecule has 1 aromatic carbocycles. The monoisotopic (exact) mass is 294 g/mol. The smallest absolute Gasteiger partial charge is 0.309 e. The number of rotatable bonds is 4. The Hall–Kier alpha value is -1.02. The second-order valence-corrected chi connectivity index (χ2v) is 6.19. The molecule has 1 aliphatic carbocycles. The Balaban J connectivity index is 2.20. The quantitative estimate of drug-likeness (QED) is 0.745. The summed E-state index contributed by atoms with van der Waals surface area (Å²) in [6, 6.07) is 7.93. The lowest BCUT2D eigenvalue weighted by atomic mass is 9.70. The van der Waals surface area contributed by atoms with Crippen molar-refractivity contribution in [2.24, 2.45) is 11.8 Å². The Kier molecular flexibility index (Phi) is 5.47. The van der Waals surface area contributed by atoms with Gasteiger partial charge in [-0.1, -0.05) is 43.5 Å². The highest BCUT2D eigenvalue weighted by molar-refractivity contribution is 6.30. The molecule has 20 heavy (non-hydrogen) atoms. The van der Waals surface area contributed by atoms with Gasteiger partial charge in [0.15, 0.2) is 0 Å². The molecule has 0 bridgehead atoms. The van der Waals surface area contributed by atoms with Crippen LogP contribution < -0.4 is 0 Å². The number of carbonyl (C=O) groups is 1. The second kappa shape index (κ2) is 7.12. The first-order valence-electron chi connectivity index (χ1n) is 7.49. The summed E-state index contributed by atoms with van der Waals surface area (Å²) in [6.45, 7) is 2.23. The van der Waals surface area contributed by atoms with Crippen molar-refractivity contribution in [1.82, 2.24) is 0 Å². The molecule has 110 valence electrons. The van der Waals surface area contributed by atoms with Gasteiger partial charge < -0.3 is 4.74 Å². The van der Waals surface area contributed by atoms with Crippen LogP contribution in [0.4, 0.5) is 0 Å². The molecule has 1 saturated carbocycles. The maximum Gasteiger partial charge on any atom is 0.309 e. The summed E-state index contributed by atoms with van der Waals surface area (Å²) in [5, 5.41) is 0.740. The SMILES string of the molecule is CCCC1CCC(C(=O)OC)[C@H](c2ccc(Cl)cc2)C1. The third-order valence-electron chi connectivity index (χ3n) is 4.46. The van der Waals surface area contributed by atoms with E-state index >= 15 is 0 Å². The predicted octanol–water partition coefficient (Wildman–Crippen LogP) is 4.81. The molecule has 3 atom stereocenters. The molecule has 0 amide bonds. The molecule has 0 heterocycles. The summed E-state index contributed by atoms with van der Waals surface area (Å²) in [5.74, 6) is 0.917. The van der Waals surface area contributed by atoms with Gasteiger partial charge >= 0.3 is 5.97 Å². The highest BCUT2D eigenvalue weighted by Gasteiger charge is 2.36. The molecule has 0 saturated heterocycles. The molecule has 1 aliphatic rings. The van der Waals surface area contributed by atoms with Crippen molar-refractivity contribution < 1.29 is 9.53 Å². The van der Waals surface area contributed by atoms with Crippen LogP contribution in [0.15, 0.2) is 24.3 Å². The van der Waals surface area contributed by atoms with Crippen LogP contribution in [0.5, 0.6) is 0 Å². The number of ether oxygens (including phenoxy) is 1. The van der Waals surface area contributed by atoms with Gasteiger partial charge in [0.05, 0.1) is 13.0 Å². The fourth-order valence-electron chi connectivity index (χ4n) is 3.44. The van der Waals surface area contributed by atoms with Gasteiger partial charge in [-0.25, -0.2) is 0 Å². The summed E-state index contributed by atoms with van der Waals surface area (Å²) >= 11 is 5.96. The number of benzene rings is 1. The summed E-state index contributed by atoms with van der Waals surface area (Å²) < 4.78 is 5.00. The highest BCUT2D eigenvalue weighted by Crippen LogP contribution is 2.42. The number of carbonyl (C=O) groups excluding carboxylic acids is 1. The van der Waals surface area contributed by atoms with Crippen molar-refractivity contribution in [2.75, 3.05) is 7.11 Å². The van der Waals surface area contributed by atoms with Gasteiger partial charge in [-0.2, -0.15) is 0 Å². The van der Waals surface area contributed by atoms with E-state index < -0.39 is 0 Å². The average Bonchev–Trinajstić information content (AvgIpc) is 2.47. The van der Waals surface area contributed by atoms with E-state index in [2.05, 4.69) is 19.1 Å². The third-order valence-corrected chi connectivity index (χ3v) is 4.71. The van der Waals surface area contributed by atoms with Gasteiger partial charge in [-0.15, -0.1) is 0 Å². The molecule has 0 radical (unpaired) electrons. The minimum Gasteiger partial charge on any atom is -0.469 e. The summed E-state index contributed by atoms with van der Waals surface area (Å²) in [6.07, 6.45) is 5.61. The van der Waals surface area contributed by atoms with E-state index in [-0.39, 0.29) is 17.8 Å². The molecule has 0 spiro atoms. The van der Waals surface area contributed by atoms with Gasteiger partial charge in [0.2, 0.25) is 0 Å². The van der Waals surface area contributed by atoms with Crippen LogP contribution >= 0.6 is 11.6 Å². The Labute approximate surface area is 126 Å². The van der Waals surface area contributed by atoms with E-state index in [1.165, 1.54) is 25.5 Å². The normalized spacial score (nSPS) is 26.2. The number of methoxy groups -OCH3 is 1. The maximum absolute atomic E-state index is 12.0. The topological polar surface area (TPSA) is 26.3 Å². The van der Waals surface area contributed by atoms with Gasteiger partial charge in [0.1, 0.15) is 0 Å². The van der Waals surface area contributed by atoms with Crippen LogP contribution in [0.2, 0.25) is 5.02 Å². The predicted molar refractivity (Wildman–Crippen MR) is 81.9 cm³/mol. The van der Waals surface area contributed by atoms with Crippen LogP contribution in [-0.4, -0.2) is 13.1 Å². The van der Waals surface area contributed by atoms with Crippen LogP contribution in [0.25, 0.3) is 0 Å². The lowest BCUT2D eigenvalue weighted by Crippen LogP contribution is -2.30. The first-order chi connectivity index (χ1) is 9.65. The molecule has 2 rings (SSSR count). The molecule has 1 aromatic rings. The van der Waals surface area contributed by atoms with E-state index in [0.29, 0.717) is 0 Å². The second-order valence-electron chi connectivity index (χ2n) is 5.76. The Morgan fingerprint density at radius 1 is 1.30 bits per heavy atom. The lowest BCUT2D eigenvalue weighted by molar-refractivity contribution is -0.147. The lowest BCUT2D eigenvalue weighted by Gasteiger charge is -2.35. The van der Waals surface area contributed by atoms with Crippen molar-refractivity contribution in [3.05, 3.63) is 34.9 Å². The van der Waals surface area contributed by atoms with E-state index in [1.54, 1.807) is 0 Å². The molecule has 0 aromatic heterocycles. The Morgan fingerprint density at radius 3 is 2.60 bits per heavy atom. The standard InChI is InChI=1S/C17H23ClO2/c1-3-4-12-5-10-15(17(19)20-2)16(11-12)13-6-8-14(18)9-7-13/h6-9,12,15-16H,3-5,10-11H2,1-2H3/t12?,15?,16-/m0/s1. The molecule has 2 unspecified atom stereocenters. The van der Waals surface area contributed by atoms with E-state index in [1.807, 2.05) is 12.1 Å². The first kappa shape index (κ1) is 15.4. The van der Waals surface area contributed by atoms with Crippen molar-refractivity contribution in [3.63, 3.8) is 0 Å². The first-order valence-corrected chi connectivity index (χ1v) is 7.86. The molecule has 1 fully saturated rings. The van der Waals surface area contributed by atoms with Crippen LogP contribution in [0.1, 0.15) is 50.5 Å². The number of halogens is 1. The van der Waals surface area contributed by atoms with Crippen LogP contribution in [0, 0.1) is 11.8 Å². The molecular formula is C17H23ClO2. The minimum atomic E-state index is -0.0695. The van der Waals surface area contributed by atoms with Crippen LogP contribution in [0.3, 0.4) is 0 Å². The highest BCUT2D eigenvalue weighted by atomic mass is 35.5. The summed E-state index contributed by atoms with van der Waals surface area (Å²) in [7, 11) is 1.49. The summed E-state index contributed by atoms with van der Waals surface area (Å²) in [4.78, 5) is 12.0. The van der Waals surface area contributed by atoms with E-state index in [9.17, 15) is 4.79 Å². The van der Waals surface area contributed by atoms with Gasteiger partial charge in [0.25, 0.3) is 0 Å². The minimum absolute atomic E-state index is 0.00529. The van der Waals surface area contributed by atoms with Gasteiger partial charge in [-0.05, 0) is 48.8 Å². The fourth-order valence-corrected chi connectivity index (χ4v) is 3.57. The Bertz CT molecular complexity index is 441. The number of esters is 1. The summed E-state index contributed by atoms with van der Waals surface area (Å²) in [5.41, 5.74) is 1.21. The molecule has 2 nitrogen and oxygen atoms in total. The van der Waals surface area contributed by atoms with E-state index in [4.69, 9.17) is 16.3 Å². The van der Waals surface area contributed by atoms with Gasteiger partial charge in [-0.3, -0.25) is 4.79 Å². The zero-order valence-electron chi connectivity index (χ0n) is 12.3. The zero-order valence-corrected chi connectivity index (χ0v) is 13.0. The molecule has 0 aliphatic heterocycles. The fraction of sp³-hybridized carbons (Fsp3) is 0.588. The van der Waals surface area contributed by atoms with E-state index in [0.717, 1.165) is 30.2 Å². The maximum atomic E-state index is 12.0. The van der Waals surface area contributed by atoms with Crippen molar-refractivity contribution in [3.8, 4) is 0 Å². The largest absolute Gasteiger partial charge is 0.469 e.